The Bertz CT molecular complexity index is 693. The van der Waals surface area contributed by atoms with Crippen LogP contribution in [0.25, 0.3) is 0 Å². The molecule has 1 fully saturated rings. The average molecular weight is 343 g/mol. The van der Waals surface area contributed by atoms with Crippen molar-refractivity contribution in [2.45, 2.75) is 32.2 Å². The van der Waals surface area contributed by atoms with Gasteiger partial charge >= 0.3 is 0 Å². The Morgan fingerprint density at radius 3 is 2.46 bits per heavy atom. The number of nitrogens with one attached hydrogen (secondary N) is 1. The van der Waals surface area contributed by atoms with Crippen LogP contribution < -0.4 is 5.32 Å². The van der Waals surface area contributed by atoms with E-state index in [0.717, 1.165) is 42.7 Å². The van der Waals surface area contributed by atoms with E-state index < -0.39 is 0 Å². The standard InChI is InChI=1S/C20H23ClN2O/c1-15-6-5-7-18(14-15)22-20(24)19(23-12-3-2-4-13-23)16-8-10-17(21)11-9-16/h5-11,14,19H,2-4,12-13H2,1H3,(H,22,24)/t19-/m1/s1. The summed E-state index contributed by atoms with van der Waals surface area (Å²) in [6, 6.07) is 15.3. The van der Waals surface area contributed by atoms with Crippen LogP contribution in [0.1, 0.15) is 36.4 Å². The van der Waals surface area contributed by atoms with E-state index in [9.17, 15) is 4.79 Å². The molecule has 0 saturated carbocycles. The molecule has 0 radical (unpaired) electrons. The first-order valence-electron chi connectivity index (χ1n) is 8.50. The molecule has 2 aromatic rings. The number of carbonyl (C=O) groups is 1. The fourth-order valence-corrected chi connectivity index (χ4v) is 3.41. The van der Waals surface area contributed by atoms with Gasteiger partial charge in [0.15, 0.2) is 0 Å². The topological polar surface area (TPSA) is 32.3 Å². The zero-order chi connectivity index (χ0) is 16.9. The van der Waals surface area contributed by atoms with Gasteiger partial charge in [-0.1, -0.05) is 42.3 Å². The van der Waals surface area contributed by atoms with Crippen LogP contribution in [0.5, 0.6) is 0 Å². The van der Waals surface area contributed by atoms with E-state index in [1.807, 2.05) is 55.5 Å². The van der Waals surface area contributed by atoms with E-state index in [2.05, 4.69) is 10.2 Å². The monoisotopic (exact) mass is 342 g/mol. The molecule has 1 aliphatic rings. The minimum atomic E-state index is -0.275. The second kappa shape index (κ2) is 7.82. The molecular formula is C20H23ClN2O. The van der Waals surface area contributed by atoms with Gasteiger partial charge in [0.05, 0.1) is 0 Å². The predicted octanol–water partition coefficient (Wildman–Crippen LogP) is 4.81. The van der Waals surface area contributed by atoms with E-state index >= 15 is 0 Å². The summed E-state index contributed by atoms with van der Waals surface area (Å²) in [7, 11) is 0. The zero-order valence-electron chi connectivity index (χ0n) is 14.0. The van der Waals surface area contributed by atoms with Gasteiger partial charge in [-0.2, -0.15) is 0 Å². The third-order valence-corrected chi connectivity index (χ3v) is 4.73. The van der Waals surface area contributed by atoms with Crippen molar-refractivity contribution in [1.29, 1.82) is 0 Å². The van der Waals surface area contributed by atoms with Crippen LogP contribution in [0.4, 0.5) is 5.69 Å². The van der Waals surface area contributed by atoms with Crippen LogP contribution in [0.15, 0.2) is 48.5 Å². The summed E-state index contributed by atoms with van der Waals surface area (Å²) in [4.78, 5) is 15.3. The van der Waals surface area contributed by atoms with Crippen LogP contribution in [-0.4, -0.2) is 23.9 Å². The van der Waals surface area contributed by atoms with Gasteiger partial charge in [-0.05, 0) is 68.2 Å². The number of benzene rings is 2. The summed E-state index contributed by atoms with van der Waals surface area (Å²) in [6.45, 7) is 3.93. The lowest BCUT2D eigenvalue weighted by atomic mass is 10.0. The summed E-state index contributed by atoms with van der Waals surface area (Å²) >= 11 is 6.01. The number of hydrogen-bond acceptors (Lipinski definition) is 2. The molecule has 126 valence electrons. The summed E-state index contributed by atoms with van der Waals surface area (Å²) in [5.41, 5.74) is 2.97. The van der Waals surface area contributed by atoms with Gasteiger partial charge in [0.2, 0.25) is 5.91 Å². The van der Waals surface area contributed by atoms with E-state index in [0.29, 0.717) is 5.02 Å². The van der Waals surface area contributed by atoms with Crippen LogP contribution in [0.2, 0.25) is 5.02 Å². The van der Waals surface area contributed by atoms with Crippen molar-refractivity contribution in [1.82, 2.24) is 4.90 Å². The summed E-state index contributed by atoms with van der Waals surface area (Å²) in [5.74, 6) is 0.0184. The van der Waals surface area contributed by atoms with Crippen LogP contribution in [0, 0.1) is 6.92 Å². The maximum absolute atomic E-state index is 13.0. The number of halogens is 1. The Morgan fingerprint density at radius 1 is 1.08 bits per heavy atom. The first-order valence-corrected chi connectivity index (χ1v) is 8.88. The van der Waals surface area contributed by atoms with Gasteiger partial charge in [0.1, 0.15) is 6.04 Å². The fourth-order valence-electron chi connectivity index (χ4n) is 3.28. The van der Waals surface area contributed by atoms with Crippen molar-refractivity contribution in [2.24, 2.45) is 0 Å². The molecule has 24 heavy (non-hydrogen) atoms. The number of carbonyl (C=O) groups excluding carboxylic acids is 1. The molecule has 3 rings (SSSR count). The molecule has 1 amide bonds. The molecular weight excluding hydrogens is 320 g/mol. The third-order valence-electron chi connectivity index (χ3n) is 4.48. The molecule has 1 saturated heterocycles. The predicted molar refractivity (Wildman–Crippen MR) is 99.4 cm³/mol. The number of nitrogens with zero attached hydrogens (tertiary/aromatic N) is 1. The Morgan fingerprint density at radius 2 is 1.79 bits per heavy atom. The smallest absolute Gasteiger partial charge is 0.246 e. The van der Waals surface area contributed by atoms with Gasteiger partial charge in [0.25, 0.3) is 0 Å². The van der Waals surface area contributed by atoms with Crippen molar-refractivity contribution in [2.75, 3.05) is 18.4 Å². The van der Waals surface area contributed by atoms with E-state index in [4.69, 9.17) is 11.6 Å². The lowest BCUT2D eigenvalue weighted by Crippen LogP contribution is -2.40. The zero-order valence-corrected chi connectivity index (χ0v) is 14.7. The third kappa shape index (κ3) is 4.16. The van der Waals surface area contributed by atoms with E-state index in [-0.39, 0.29) is 11.9 Å². The van der Waals surface area contributed by atoms with Gasteiger partial charge < -0.3 is 5.32 Å². The quantitative estimate of drug-likeness (QED) is 0.864. The SMILES string of the molecule is Cc1cccc(NC(=O)[C@@H](c2ccc(Cl)cc2)N2CCCCC2)c1. The number of piperidine rings is 1. The van der Waals surface area contributed by atoms with Crippen molar-refractivity contribution in [3.8, 4) is 0 Å². The molecule has 0 aliphatic carbocycles. The van der Waals surface area contributed by atoms with Crippen molar-refractivity contribution >= 4 is 23.2 Å². The van der Waals surface area contributed by atoms with Crippen molar-refractivity contribution < 1.29 is 4.79 Å². The largest absolute Gasteiger partial charge is 0.324 e. The molecule has 0 unspecified atom stereocenters. The minimum absolute atomic E-state index is 0.0184. The summed E-state index contributed by atoms with van der Waals surface area (Å²) < 4.78 is 0. The fraction of sp³-hybridized carbons (Fsp3) is 0.350. The number of aryl methyl sites for hydroxylation is 1. The Labute approximate surface area is 148 Å². The van der Waals surface area contributed by atoms with E-state index in [1.165, 1.54) is 6.42 Å². The van der Waals surface area contributed by atoms with Gasteiger partial charge in [-0.25, -0.2) is 0 Å². The molecule has 2 aromatic carbocycles. The second-order valence-electron chi connectivity index (χ2n) is 6.41. The van der Waals surface area contributed by atoms with E-state index in [1.54, 1.807) is 0 Å². The molecule has 3 nitrogen and oxygen atoms in total. The minimum Gasteiger partial charge on any atom is -0.324 e. The Balaban J connectivity index is 1.85. The van der Waals surface area contributed by atoms with Crippen molar-refractivity contribution in [3.05, 3.63) is 64.7 Å². The highest BCUT2D eigenvalue weighted by atomic mass is 35.5. The Hall–Kier alpha value is -1.84. The number of rotatable bonds is 4. The molecule has 1 atom stereocenters. The molecule has 1 N–H and O–H groups in total. The maximum atomic E-state index is 13.0. The number of anilines is 1. The van der Waals surface area contributed by atoms with Gasteiger partial charge in [-0.15, -0.1) is 0 Å². The maximum Gasteiger partial charge on any atom is 0.246 e. The molecule has 1 heterocycles. The molecule has 4 heteroatoms. The highest BCUT2D eigenvalue weighted by molar-refractivity contribution is 6.30. The summed E-state index contributed by atoms with van der Waals surface area (Å²) in [5, 5.41) is 3.77. The first-order chi connectivity index (χ1) is 11.6. The van der Waals surface area contributed by atoms with Crippen LogP contribution in [-0.2, 0) is 4.79 Å². The second-order valence-corrected chi connectivity index (χ2v) is 6.85. The average Bonchev–Trinajstić information content (AvgIpc) is 2.58. The molecule has 0 aromatic heterocycles. The Kier molecular flexibility index (Phi) is 5.54. The lowest BCUT2D eigenvalue weighted by molar-refractivity contribution is -0.122. The van der Waals surface area contributed by atoms with Gasteiger partial charge in [-0.3, -0.25) is 9.69 Å². The van der Waals surface area contributed by atoms with Crippen LogP contribution in [0.3, 0.4) is 0 Å². The highest BCUT2D eigenvalue weighted by Crippen LogP contribution is 2.27. The van der Waals surface area contributed by atoms with Gasteiger partial charge in [0, 0.05) is 10.7 Å². The summed E-state index contributed by atoms with van der Waals surface area (Å²) in [6.07, 6.45) is 3.52. The molecule has 0 bridgehead atoms. The first kappa shape index (κ1) is 17.0. The van der Waals surface area contributed by atoms with Crippen molar-refractivity contribution in [3.63, 3.8) is 0 Å². The normalized spacial score (nSPS) is 16.6. The number of likely N-dealkylation sites (tertiary alicyclic amines) is 1. The van der Waals surface area contributed by atoms with Crippen LogP contribution >= 0.6 is 11.6 Å². The molecule has 1 aliphatic heterocycles. The lowest BCUT2D eigenvalue weighted by Gasteiger charge is -2.34. The number of amides is 1. The number of hydrogen-bond donors (Lipinski definition) is 1. The highest BCUT2D eigenvalue weighted by Gasteiger charge is 2.28. The molecule has 0 spiro atoms.